The number of nitrogens with zero attached hydrogens (tertiary/aromatic N) is 4. The number of carbonyl (C=O) groups excluding carboxylic acids is 1. The van der Waals surface area contributed by atoms with Crippen molar-refractivity contribution in [2.45, 2.75) is 31.4 Å². The van der Waals surface area contributed by atoms with E-state index in [9.17, 15) is 32.3 Å². The molecule has 1 fully saturated rings. The Morgan fingerprint density at radius 3 is 2.47 bits per heavy atom. The lowest BCUT2D eigenvalue weighted by atomic mass is 9.69. The minimum absolute atomic E-state index is 0.252. The molecule has 4 aromatic rings. The summed E-state index contributed by atoms with van der Waals surface area (Å²) in [5.74, 6) is -5.75. The molecule has 2 aromatic heterocycles. The number of amides is 1. The second-order valence-corrected chi connectivity index (χ2v) is 9.16. The van der Waals surface area contributed by atoms with Crippen LogP contribution in [0.5, 0.6) is 0 Å². The molecule has 2 N–H and O–H groups in total. The van der Waals surface area contributed by atoms with Crippen LogP contribution < -0.4 is 5.32 Å². The van der Waals surface area contributed by atoms with Gasteiger partial charge >= 0.3 is 12.1 Å². The predicted octanol–water partition coefficient (Wildman–Crippen LogP) is 5.17. The van der Waals surface area contributed by atoms with Crippen LogP contribution in [-0.4, -0.2) is 36.8 Å². The Labute approximate surface area is 213 Å². The molecule has 1 amide bonds. The first kappa shape index (κ1) is 25.3. The summed E-state index contributed by atoms with van der Waals surface area (Å²) in [6.45, 7) is 0. The summed E-state index contributed by atoms with van der Waals surface area (Å²) in [7, 11) is 0. The number of carbonyl (C=O) groups is 2. The van der Waals surface area contributed by atoms with Crippen molar-refractivity contribution in [1.29, 1.82) is 0 Å². The maximum Gasteiger partial charge on any atom is 0.416 e. The van der Waals surface area contributed by atoms with Gasteiger partial charge < -0.3 is 10.4 Å². The van der Waals surface area contributed by atoms with Gasteiger partial charge in [-0.3, -0.25) is 9.59 Å². The highest BCUT2D eigenvalue weighted by molar-refractivity contribution is 5.95. The highest BCUT2D eigenvalue weighted by Gasteiger charge is 2.43. The van der Waals surface area contributed by atoms with Crippen molar-refractivity contribution in [3.8, 4) is 11.3 Å². The number of hydrogen-bond acceptors (Lipinski definition) is 5. The van der Waals surface area contributed by atoms with Gasteiger partial charge in [-0.05, 0) is 54.7 Å². The van der Waals surface area contributed by atoms with Gasteiger partial charge in [0.2, 0.25) is 5.91 Å². The molecule has 196 valence electrons. The molecule has 0 unspecified atom stereocenters. The van der Waals surface area contributed by atoms with E-state index in [1.807, 2.05) is 12.1 Å². The Balaban J connectivity index is 1.36. The molecule has 0 spiro atoms. The Kier molecular flexibility index (Phi) is 6.55. The Morgan fingerprint density at radius 2 is 1.79 bits per heavy atom. The van der Waals surface area contributed by atoms with E-state index in [0.717, 1.165) is 17.2 Å². The third-order valence-corrected chi connectivity index (χ3v) is 6.87. The fraction of sp³-hybridized carbons (Fsp3) is 0.269. The maximum atomic E-state index is 14.3. The van der Waals surface area contributed by atoms with Crippen molar-refractivity contribution in [1.82, 2.24) is 19.8 Å². The number of carboxylic acids is 1. The number of halogens is 4. The summed E-state index contributed by atoms with van der Waals surface area (Å²) in [4.78, 5) is 25.3. The fourth-order valence-corrected chi connectivity index (χ4v) is 5.01. The smallest absolute Gasteiger partial charge is 0.416 e. The summed E-state index contributed by atoms with van der Waals surface area (Å²) in [5.41, 5.74) is 1.16. The van der Waals surface area contributed by atoms with E-state index in [4.69, 9.17) is 0 Å². The molecule has 3 atom stereocenters. The zero-order valence-corrected chi connectivity index (χ0v) is 19.7. The van der Waals surface area contributed by atoms with Crippen LogP contribution in [0.15, 0.2) is 60.9 Å². The van der Waals surface area contributed by atoms with Crippen LogP contribution in [0.3, 0.4) is 0 Å². The molecule has 5 rings (SSSR count). The molecule has 0 aliphatic heterocycles. The lowest BCUT2D eigenvalue weighted by molar-refractivity contribution is -0.148. The third kappa shape index (κ3) is 4.93. The summed E-state index contributed by atoms with van der Waals surface area (Å²) in [5, 5.41) is 24.5. The van der Waals surface area contributed by atoms with Crippen LogP contribution in [0.25, 0.3) is 16.9 Å². The summed E-state index contributed by atoms with van der Waals surface area (Å²) in [6, 6.07) is 12.6. The van der Waals surface area contributed by atoms with E-state index >= 15 is 0 Å². The zero-order chi connectivity index (χ0) is 27.0. The average Bonchev–Trinajstić information content (AvgIpc) is 3.37. The Hall–Kier alpha value is -4.35. The van der Waals surface area contributed by atoms with Gasteiger partial charge in [-0.25, -0.2) is 4.39 Å². The van der Waals surface area contributed by atoms with Crippen molar-refractivity contribution < 1.29 is 32.3 Å². The summed E-state index contributed by atoms with van der Waals surface area (Å²) in [6.07, 6.45) is -1.92. The van der Waals surface area contributed by atoms with Crippen LogP contribution in [0.1, 0.15) is 36.3 Å². The maximum absolute atomic E-state index is 14.3. The first-order valence-corrected chi connectivity index (χ1v) is 11.8. The van der Waals surface area contributed by atoms with Crippen LogP contribution >= 0.6 is 0 Å². The molecule has 1 aliphatic rings. The number of rotatable bonds is 5. The lowest BCUT2D eigenvalue weighted by Gasteiger charge is -2.35. The Morgan fingerprint density at radius 1 is 1.03 bits per heavy atom. The molecule has 12 heteroatoms. The van der Waals surface area contributed by atoms with Gasteiger partial charge in [0.05, 0.1) is 28.8 Å². The highest BCUT2D eigenvalue weighted by atomic mass is 19.4. The van der Waals surface area contributed by atoms with E-state index in [1.165, 1.54) is 10.8 Å². The number of alkyl halides is 3. The number of hydrogen-bond donors (Lipinski definition) is 2. The number of carboxylic acid groups (broad SMARTS) is 1. The van der Waals surface area contributed by atoms with E-state index < -0.39 is 52.9 Å². The molecule has 1 saturated carbocycles. The Bertz CT molecular complexity index is 1500. The first-order chi connectivity index (χ1) is 18.1. The van der Waals surface area contributed by atoms with E-state index in [0.29, 0.717) is 36.3 Å². The highest BCUT2D eigenvalue weighted by Crippen LogP contribution is 2.42. The normalized spacial score (nSPS) is 19.8. The van der Waals surface area contributed by atoms with Gasteiger partial charge in [-0.15, -0.1) is 10.2 Å². The molecule has 8 nitrogen and oxygen atoms in total. The molecule has 2 heterocycles. The fourth-order valence-electron chi connectivity index (χ4n) is 5.01. The number of benzene rings is 2. The van der Waals surface area contributed by atoms with E-state index in [1.54, 1.807) is 24.3 Å². The molecule has 1 aliphatic carbocycles. The van der Waals surface area contributed by atoms with Gasteiger partial charge in [0.15, 0.2) is 5.65 Å². The number of anilines is 1. The predicted molar refractivity (Wildman–Crippen MR) is 127 cm³/mol. The summed E-state index contributed by atoms with van der Waals surface area (Å²) >= 11 is 0. The zero-order valence-electron chi connectivity index (χ0n) is 19.7. The molecular weight excluding hydrogens is 506 g/mol. The number of aliphatic carboxylic acids is 1. The average molecular weight is 527 g/mol. The quantitative estimate of drug-likeness (QED) is 0.347. The monoisotopic (exact) mass is 527 g/mol. The van der Waals surface area contributed by atoms with Crippen LogP contribution in [0.4, 0.5) is 23.2 Å². The van der Waals surface area contributed by atoms with Gasteiger partial charge in [0, 0.05) is 5.56 Å². The van der Waals surface area contributed by atoms with Crippen LogP contribution in [0, 0.1) is 17.7 Å². The largest absolute Gasteiger partial charge is 0.481 e. The minimum Gasteiger partial charge on any atom is -0.481 e. The van der Waals surface area contributed by atoms with Crippen molar-refractivity contribution in [3.63, 3.8) is 0 Å². The molecule has 0 bridgehead atoms. The van der Waals surface area contributed by atoms with E-state index in [-0.39, 0.29) is 6.42 Å². The van der Waals surface area contributed by atoms with Crippen LogP contribution in [0.2, 0.25) is 0 Å². The molecule has 2 aromatic carbocycles. The molecule has 38 heavy (non-hydrogen) atoms. The van der Waals surface area contributed by atoms with Gasteiger partial charge in [-0.1, -0.05) is 30.7 Å². The summed E-state index contributed by atoms with van der Waals surface area (Å²) < 4.78 is 54.4. The minimum atomic E-state index is -4.73. The van der Waals surface area contributed by atoms with E-state index in [2.05, 4.69) is 20.6 Å². The van der Waals surface area contributed by atoms with Gasteiger partial charge in [-0.2, -0.15) is 22.8 Å². The second-order valence-electron chi connectivity index (χ2n) is 9.16. The lowest BCUT2D eigenvalue weighted by Crippen LogP contribution is -2.40. The van der Waals surface area contributed by atoms with Crippen molar-refractivity contribution in [3.05, 3.63) is 77.9 Å². The second kappa shape index (κ2) is 9.84. The number of aromatic nitrogens is 4. The van der Waals surface area contributed by atoms with Gasteiger partial charge in [0.1, 0.15) is 12.1 Å². The van der Waals surface area contributed by atoms with Gasteiger partial charge in [0.25, 0.3) is 0 Å². The molecular formula is C26H21F4N5O3. The number of nitrogens with one attached hydrogen (secondary N) is 1. The van der Waals surface area contributed by atoms with Crippen molar-refractivity contribution in [2.24, 2.45) is 11.8 Å². The topological polar surface area (TPSA) is 109 Å². The first-order valence-electron chi connectivity index (χ1n) is 11.8. The number of fused-ring (bicyclic) bond motifs is 1. The standard InChI is InChI=1S/C26H21F4N5O3/c27-19-12-16(26(28,29)30)8-9-21(19)32-24(36)18-3-1-2-17(23(18)25(37)38)14-4-6-15(7-5-14)20-10-11-22-33-31-13-35(22)34-20/h4-13,17-18,23H,1-3H2,(H,32,36)(H,37,38)/t17-,18-,23-/m1/s1. The molecule has 0 radical (unpaired) electrons. The van der Waals surface area contributed by atoms with Crippen molar-refractivity contribution >= 4 is 23.2 Å². The van der Waals surface area contributed by atoms with Crippen molar-refractivity contribution in [2.75, 3.05) is 5.32 Å². The third-order valence-electron chi connectivity index (χ3n) is 6.87. The molecule has 0 saturated heterocycles. The van der Waals surface area contributed by atoms with Crippen LogP contribution in [-0.2, 0) is 15.8 Å². The SMILES string of the molecule is O=C(O)[C@@H]1[C@@H](c2ccc(-c3ccc4nncn4n3)cc2)CCC[C@H]1C(=O)Nc1ccc(C(F)(F)F)cc1F.